The summed E-state index contributed by atoms with van der Waals surface area (Å²) in [5.74, 6) is 0.797. The summed E-state index contributed by atoms with van der Waals surface area (Å²) in [6, 6.07) is 11.8. The van der Waals surface area contributed by atoms with Gasteiger partial charge in [0.25, 0.3) is 5.56 Å². The lowest BCUT2D eigenvalue weighted by molar-refractivity contribution is -0.132. The van der Waals surface area contributed by atoms with E-state index >= 15 is 0 Å². The Morgan fingerprint density at radius 3 is 2.33 bits per heavy atom. The minimum Gasteiger partial charge on any atom is -0.369 e. The molecule has 3 fully saturated rings. The number of pyridine rings is 1. The number of carbonyl (C=O) groups excluding carboxylic acids is 1. The maximum Gasteiger partial charge on any atom is 0.252 e. The highest BCUT2D eigenvalue weighted by Gasteiger charge is 2.29. The zero-order valence-electron chi connectivity index (χ0n) is 24.5. The molecule has 10 nitrogen and oxygen atoms in total. The number of benzene rings is 1. The van der Waals surface area contributed by atoms with Crippen LogP contribution in [0.2, 0.25) is 0 Å². The SMILES string of the molecule is C=CC(=O)N1CC(CCn2c(=O)ccc3cnc(Nc4ccc(N5CCN(CCN6CCCCC6)CC5)cc4)nc32)C1. The van der Waals surface area contributed by atoms with Crippen LogP contribution in [0.4, 0.5) is 17.3 Å². The van der Waals surface area contributed by atoms with Gasteiger partial charge in [0.15, 0.2) is 0 Å². The molecule has 2 aromatic heterocycles. The number of hydrogen-bond acceptors (Lipinski definition) is 8. The van der Waals surface area contributed by atoms with Gasteiger partial charge in [0.1, 0.15) is 5.65 Å². The van der Waals surface area contributed by atoms with Crippen LogP contribution in [0.3, 0.4) is 0 Å². The van der Waals surface area contributed by atoms with Crippen molar-refractivity contribution < 1.29 is 4.79 Å². The van der Waals surface area contributed by atoms with Crippen molar-refractivity contribution in [1.82, 2.24) is 29.2 Å². The molecule has 6 rings (SSSR count). The van der Waals surface area contributed by atoms with Crippen molar-refractivity contribution in [3.05, 3.63) is 65.6 Å². The lowest BCUT2D eigenvalue weighted by Gasteiger charge is -2.38. The monoisotopic (exact) mass is 570 g/mol. The largest absolute Gasteiger partial charge is 0.369 e. The van der Waals surface area contributed by atoms with E-state index in [9.17, 15) is 9.59 Å². The molecule has 0 aliphatic carbocycles. The smallest absolute Gasteiger partial charge is 0.252 e. The third-order valence-electron chi connectivity index (χ3n) is 8.97. The molecule has 1 N–H and O–H groups in total. The number of nitrogens with one attached hydrogen (secondary N) is 1. The first-order chi connectivity index (χ1) is 20.6. The lowest BCUT2D eigenvalue weighted by atomic mass is 9.96. The van der Waals surface area contributed by atoms with Gasteiger partial charge in [-0.3, -0.25) is 19.1 Å². The van der Waals surface area contributed by atoms with Crippen LogP contribution in [0.1, 0.15) is 25.7 Å². The molecule has 10 heteroatoms. The Balaban J connectivity index is 1.03. The summed E-state index contributed by atoms with van der Waals surface area (Å²) in [6.07, 6.45) is 8.02. The van der Waals surface area contributed by atoms with Gasteiger partial charge in [-0.15, -0.1) is 0 Å². The predicted octanol–water partition coefficient (Wildman–Crippen LogP) is 3.18. The van der Waals surface area contributed by atoms with Gasteiger partial charge in [0, 0.05) is 87.9 Å². The van der Waals surface area contributed by atoms with Crippen LogP contribution in [0, 0.1) is 5.92 Å². The number of carbonyl (C=O) groups is 1. The van der Waals surface area contributed by atoms with Crippen LogP contribution < -0.4 is 15.8 Å². The fourth-order valence-electron chi connectivity index (χ4n) is 6.30. The number of amides is 1. The van der Waals surface area contributed by atoms with E-state index in [0.717, 1.165) is 43.7 Å². The van der Waals surface area contributed by atoms with E-state index in [-0.39, 0.29) is 11.5 Å². The van der Waals surface area contributed by atoms with Gasteiger partial charge in [0.05, 0.1) is 0 Å². The van der Waals surface area contributed by atoms with Crippen LogP contribution in [-0.2, 0) is 11.3 Å². The van der Waals surface area contributed by atoms with E-state index in [4.69, 9.17) is 4.98 Å². The Labute approximate surface area is 247 Å². The summed E-state index contributed by atoms with van der Waals surface area (Å²) < 4.78 is 1.72. The molecule has 3 aliphatic heterocycles. The van der Waals surface area contributed by atoms with Gasteiger partial charge >= 0.3 is 0 Å². The standard InChI is InChI=1S/C32H42N8O2/c1-2-29(41)39-23-25(24-39)12-15-40-30(42)11-6-26-22-33-32(35-31(26)40)34-27-7-9-28(10-8-27)38-20-18-37(19-21-38)17-16-36-13-4-3-5-14-36/h2,6-11,22,25H,1,3-5,12-21,23-24H2,(H,33,34,35). The van der Waals surface area contributed by atoms with Crippen molar-refractivity contribution in [3.8, 4) is 0 Å². The zero-order chi connectivity index (χ0) is 28.9. The van der Waals surface area contributed by atoms with Crippen molar-refractivity contribution in [2.45, 2.75) is 32.2 Å². The van der Waals surface area contributed by atoms with Crippen LogP contribution >= 0.6 is 0 Å². The molecule has 0 radical (unpaired) electrons. The molecule has 5 heterocycles. The number of rotatable bonds is 10. The van der Waals surface area contributed by atoms with Crippen molar-refractivity contribution in [1.29, 1.82) is 0 Å². The van der Waals surface area contributed by atoms with Crippen LogP contribution in [0.5, 0.6) is 0 Å². The van der Waals surface area contributed by atoms with Crippen molar-refractivity contribution in [2.24, 2.45) is 5.92 Å². The fourth-order valence-corrected chi connectivity index (χ4v) is 6.30. The second-order valence-electron chi connectivity index (χ2n) is 11.8. The van der Waals surface area contributed by atoms with E-state index in [1.54, 1.807) is 27.8 Å². The van der Waals surface area contributed by atoms with Gasteiger partial charge in [-0.1, -0.05) is 13.0 Å². The topological polar surface area (TPSA) is 89.8 Å². The zero-order valence-corrected chi connectivity index (χ0v) is 24.5. The number of aromatic nitrogens is 3. The number of anilines is 3. The molecule has 3 aliphatic rings. The third kappa shape index (κ3) is 6.65. The second-order valence-corrected chi connectivity index (χ2v) is 11.8. The first-order valence-electron chi connectivity index (χ1n) is 15.4. The van der Waals surface area contributed by atoms with Gasteiger partial charge in [-0.05, 0) is 74.7 Å². The number of nitrogens with zero attached hydrogens (tertiary/aromatic N) is 7. The molecule has 3 saturated heterocycles. The molecule has 0 unspecified atom stereocenters. The summed E-state index contributed by atoms with van der Waals surface area (Å²) in [5, 5.41) is 4.14. The average Bonchev–Trinajstić information content (AvgIpc) is 3.01. The van der Waals surface area contributed by atoms with Crippen molar-refractivity contribution >= 4 is 34.3 Å². The minimum absolute atomic E-state index is 0.0359. The molecular weight excluding hydrogens is 528 g/mol. The maximum absolute atomic E-state index is 12.8. The minimum atomic E-state index is -0.0820. The summed E-state index contributed by atoms with van der Waals surface area (Å²) in [6.45, 7) is 14.7. The summed E-state index contributed by atoms with van der Waals surface area (Å²) in [4.78, 5) is 43.2. The maximum atomic E-state index is 12.8. The van der Waals surface area contributed by atoms with Crippen molar-refractivity contribution in [2.75, 3.05) is 75.7 Å². The normalized spacial score (nSPS) is 18.7. The number of fused-ring (bicyclic) bond motifs is 1. The van der Waals surface area contributed by atoms with E-state index < -0.39 is 0 Å². The average molecular weight is 571 g/mol. The fraction of sp³-hybridized carbons (Fsp3) is 0.500. The second kappa shape index (κ2) is 13.0. The highest BCUT2D eigenvalue weighted by atomic mass is 16.2. The number of hydrogen-bond donors (Lipinski definition) is 1. The van der Waals surface area contributed by atoms with Gasteiger partial charge in [-0.2, -0.15) is 4.98 Å². The number of piperazine rings is 1. The van der Waals surface area contributed by atoms with Gasteiger partial charge < -0.3 is 20.0 Å². The Kier molecular flexibility index (Phi) is 8.81. The summed E-state index contributed by atoms with van der Waals surface area (Å²) in [7, 11) is 0. The molecule has 0 saturated carbocycles. The quantitative estimate of drug-likeness (QED) is 0.372. The number of piperidine rings is 1. The predicted molar refractivity (Wildman–Crippen MR) is 167 cm³/mol. The first-order valence-corrected chi connectivity index (χ1v) is 15.4. The molecule has 222 valence electrons. The van der Waals surface area contributed by atoms with Crippen LogP contribution in [0.15, 0.2) is 60.0 Å². The Hall–Kier alpha value is -3.76. The van der Waals surface area contributed by atoms with E-state index in [2.05, 4.69) is 55.8 Å². The van der Waals surface area contributed by atoms with E-state index in [1.165, 1.54) is 57.2 Å². The molecule has 0 spiro atoms. The van der Waals surface area contributed by atoms with Crippen LogP contribution in [0.25, 0.3) is 11.0 Å². The summed E-state index contributed by atoms with van der Waals surface area (Å²) >= 11 is 0. The van der Waals surface area contributed by atoms with Gasteiger partial charge in [-0.25, -0.2) is 4.98 Å². The number of likely N-dealkylation sites (tertiary alicyclic amines) is 2. The first kappa shape index (κ1) is 28.4. The third-order valence-corrected chi connectivity index (χ3v) is 8.97. The molecule has 0 atom stereocenters. The number of aryl methyl sites for hydroxylation is 1. The Morgan fingerprint density at radius 2 is 1.62 bits per heavy atom. The summed E-state index contributed by atoms with van der Waals surface area (Å²) in [5.41, 5.74) is 2.67. The van der Waals surface area contributed by atoms with Crippen LogP contribution in [-0.4, -0.2) is 101 Å². The molecule has 0 bridgehead atoms. The highest BCUT2D eigenvalue weighted by Crippen LogP contribution is 2.23. The molecule has 3 aromatic rings. The molecular formula is C32H42N8O2. The molecule has 42 heavy (non-hydrogen) atoms. The van der Waals surface area contributed by atoms with Gasteiger partial charge in [0.2, 0.25) is 11.9 Å². The highest BCUT2D eigenvalue weighted by molar-refractivity contribution is 5.87. The van der Waals surface area contributed by atoms with E-state index in [1.807, 2.05) is 0 Å². The molecule has 1 amide bonds. The Morgan fingerprint density at radius 1 is 0.905 bits per heavy atom. The van der Waals surface area contributed by atoms with Crippen molar-refractivity contribution in [3.63, 3.8) is 0 Å². The lowest BCUT2D eigenvalue weighted by Crippen LogP contribution is -2.49. The molecule has 1 aromatic carbocycles. The Bertz CT molecular complexity index is 1440. The van der Waals surface area contributed by atoms with E-state index in [0.29, 0.717) is 37.1 Å².